The summed E-state index contributed by atoms with van der Waals surface area (Å²) in [5.74, 6) is 0. The molecule has 0 atom stereocenters. The van der Waals surface area contributed by atoms with E-state index < -0.39 is 0 Å². The number of rotatable bonds is 1. The summed E-state index contributed by atoms with van der Waals surface area (Å²) in [5.41, 5.74) is 6.04. The summed E-state index contributed by atoms with van der Waals surface area (Å²) in [4.78, 5) is 4.53. The zero-order valence-electron chi connectivity index (χ0n) is 10.4. The van der Waals surface area contributed by atoms with Crippen LogP contribution in [0.1, 0.15) is 28.2 Å². The number of nitrogens with zero attached hydrogens (tertiary/aromatic N) is 3. The van der Waals surface area contributed by atoms with Crippen molar-refractivity contribution < 1.29 is 0 Å². The largest absolute Gasteiger partial charge is 0.282 e. The van der Waals surface area contributed by atoms with Crippen LogP contribution in [0.2, 0.25) is 0 Å². The van der Waals surface area contributed by atoms with E-state index in [1.165, 1.54) is 0 Å². The lowest BCUT2D eigenvalue weighted by molar-refractivity contribution is 1.02. The van der Waals surface area contributed by atoms with Crippen molar-refractivity contribution in [3.05, 3.63) is 34.3 Å². The minimum atomic E-state index is 0.598. The molecular weight excluding hydrogens is 212 g/mol. The molecular formula is C13H14N4. The van der Waals surface area contributed by atoms with Gasteiger partial charge in [-0.2, -0.15) is 10.4 Å². The van der Waals surface area contributed by atoms with Gasteiger partial charge in [0.1, 0.15) is 6.07 Å². The first-order valence-corrected chi connectivity index (χ1v) is 5.45. The van der Waals surface area contributed by atoms with Crippen LogP contribution in [0, 0.1) is 39.0 Å². The fraction of sp³-hybridized carbons (Fsp3) is 0.308. The summed E-state index contributed by atoms with van der Waals surface area (Å²) in [6, 6.07) is 4.08. The SMILES string of the molecule is Cc1cc(C#N)c(-c2c(C)n[nH]c2C)nc1C. The maximum atomic E-state index is 9.19. The van der Waals surface area contributed by atoms with Crippen molar-refractivity contribution in [2.24, 2.45) is 0 Å². The fourth-order valence-corrected chi connectivity index (χ4v) is 1.88. The zero-order valence-corrected chi connectivity index (χ0v) is 10.4. The lowest BCUT2D eigenvalue weighted by atomic mass is 10.0. The summed E-state index contributed by atoms with van der Waals surface area (Å²) < 4.78 is 0. The van der Waals surface area contributed by atoms with Crippen LogP contribution in [-0.4, -0.2) is 15.2 Å². The van der Waals surface area contributed by atoms with Crippen molar-refractivity contribution >= 4 is 0 Å². The highest BCUT2D eigenvalue weighted by Gasteiger charge is 2.15. The molecule has 0 aliphatic carbocycles. The fourth-order valence-electron chi connectivity index (χ4n) is 1.88. The van der Waals surface area contributed by atoms with Crippen LogP contribution in [0.25, 0.3) is 11.3 Å². The number of pyridine rings is 1. The molecule has 2 rings (SSSR count). The van der Waals surface area contributed by atoms with Gasteiger partial charge in [0.15, 0.2) is 0 Å². The molecule has 0 radical (unpaired) electrons. The first-order valence-electron chi connectivity index (χ1n) is 5.45. The first kappa shape index (κ1) is 11.3. The van der Waals surface area contributed by atoms with Crippen molar-refractivity contribution in [3.63, 3.8) is 0 Å². The highest BCUT2D eigenvalue weighted by Crippen LogP contribution is 2.27. The molecule has 0 spiro atoms. The van der Waals surface area contributed by atoms with E-state index in [0.717, 1.165) is 33.9 Å². The Hall–Kier alpha value is -2.15. The Morgan fingerprint density at radius 1 is 1.18 bits per heavy atom. The van der Waals surface area contributed by atoms with E-state index in [1.54, 1.807) is 0 Å². The van der Waals surface area contributed by atoms with Gasteiger partial charge < -0.3 is 0 Å². The van der Waals surface area contributed by atoms with E-state index in [4.69, 9.17) is 0 Å². The number of hydrogen-bond acceptors (Lipinski definition) is 3. The Balaban J connectivity index is 2.76. The first-order chi connectivity index (χ1) is 8.04. The van der Waals surface area contributed by atoms with Crippen LogP contribution in [0.5, 0.6) is 0 Å². The van der Waals surface area contributed by atoms with Gasteiger partial charge in [0.05, 0.1) is 17.0 Å². The average molecular weight is 226 g/mol. The number of aromatic amines is 1. The van der Waals surface area contributed by atoms with E-state index in [1.807, 2.05) is 33.8 Å². The number of nitrogens with one attached hydrogen (secondary N) is 1. The average Bonchev–Trinajstić information content (AvgIpc) is 2.62. The third kappa shape index (κ3) is 1.80. The molecule has 0 saturated heterocycles. The second kappa shape index (κ2) is 4.02. The van der Waals surface area contributed by atoms with E-state index in [9.17, 15) is 5.26 Å². The van der Waals surface area contributed by atoms with Crippen molar-refractivity contribution in [3.8, 4) is 17.3 Å². The van der Waals surface area contributed by atoms with Gasteiger partial charge in [-0.15, -0.1) is 0 Å². The van der Waals surface area contributed by atoms with Gasteiger partial charge in [-0.05, 0) is 39.3 Å². The molecule has 1 N–H and O–H groups in total. The quantitative estimate of drug-likeness (QED) is 0.812. The maximum absolute atomic E-state index is 9.19. The summed E-state index contributed by atoms with van der Waals surface area (Å²) in [7, 11) is 0. The zero-order chi connectivity index (χ0) is 12.6. The Bertz CT molecular complexity index is 598. The molecule has 0 amide bonds. The van der Waals surface area contributed by atoms with Gasteiger partial charge in [-0.1, -0.05) is 0 Å². The van der Waals surface area contributed by atoms with E-state index >= 15 is 0 Å². The summed E-state index contributed by atoms with van der Waals surface area (Å²) >= 11 is 0. The van der Waals surface area contributed by atoms with E-state index in [-0.39, 0.29) is 0 Å². The number of aromatic nitrogens is 3. The van der Waals surface area contributed by atoms with Crippen LogP contribution >= 0.6 is 0 Å². The van der Waals surface area contributed by atoms with Gasteiger partial charge in [0, 0.05) is 17.0 Å². The molecule has 0 aliphatic rings. The van der Waals surface area contributed by atoms with Gasteiger partial charge in [-0.3, -0.25) is 10.1 Å². The van der Waals surface area contributed by atoms with Gasteiger partial charge in [-0.25, -0.2) is 0 Å². The lowest BCUT2D eigenvalue weighted by Crippen LogP contribution is -1.96. The van der Waals surface area contributed by atoms with Crippen LogP contribution in [0.3, 0.4) is 0 Å². The minimum Gasteiger partial charge on any atom is -0.282 e. The van der Waals surface area contributed by atoms with Crippen molar-refractivity contribution in [1.29, 1.82) is 5.26 Å². The maximum Gasteiger partial charge on any atom is 0.101 e. The third-order valence-corrected chi connectivity index (χ3v) is 2.95. The standard InChI is InChI=1S/C13H14N4/c1-7-5-11(6-14)13(15-8(7)2)12-9(3)16-17-10(12)4/h5H,1-4H3,(H,16,17). The molecule has 2 aromatic heterocycles. The molecule has 0 aliphatic heterocycles. The molecule has 0 bridgehead atoms. The lowest BCUT2D eigenvalue weighted by Gasteiger charge is -2.07. The monoisotopic (exact) mass is 226 g/mol. The van der Waals surface area contributed by atoms with Crippen LogP contribution in [-0.2, 0) is 0 Å². The smallest absolute Gasteiger partial charge is 0.101 e. The molecule has 86 valence electrons. The van der Waals surface area contributed by atoms with Crippen molar-refractivity contribution in [2.75, 3.05) is 0 Å². The second-order valence-corrected chi connectivity index (χ2v) is 4.21. The van der Waals surface area contributed by atoms with Crippen LogP contribution in [0.4, 0.5) is 0 Å². The summed E-state index contributed by atoms with van der Waals surface area (Å²) in [6.07, 6.45) is 0. The highest BCUT2D eigenvalue weighted by molar-refractivity contribution is 5.71. The van der Waals surface area contributed by atoms with Crippen LogP contribution in [0.15, 0.2) is 6.07 Å². The third-order valence-electron chi connectivity index (χ3n) is 2.95. The number of hydrogen-bond donors (Lipinski definition) is 1. The molecule has 4 heteroatoms. The molecule has 0 aromatic carbocycles. The minimum absolute atomic E-state index is 0.598. The van der Waals surface area contributed by atoms with Gasteiger partial charge in [0.2, 0.25) is 0 Å². The van der Waals surface area contributed by atoms with Gasteiger partial charge >= 0.3 is 0 Å². The normalized spacial score (nSPS) is 10.3. The molecule has 0 fully saturated rings. The Morgan fingerprint density at radius 3 is 2.41 bits per heavy atom. The van der Waals surface area contributed by atoms with Crippen molar-refractivity contribution in [1.82, 2.24) is 15.2 Å². The Labute approximate surface area is 100 Å². The number of aryl methyl sites for hydroxylation is 4. The molecule has 0 unspecified atom stereocenters. The summed E-state index contributed by atoms with van der Waals surface area (Å²) in [5, 5.41) is 16.3. The molecule has 0 saturated carbocycles. The molecule has 4 nitrogen and oxygen atoms in total. The molecule has 17 heavy (non-hydrogen) atoms. The van der Waals surface area contributed by atoms with Gasteiger partial charge in [0.25, 0.3) is 0 Å². The molecule has 2 heterocycles. The van der Waals surface area contributed by atoms with E-state index in [2.05, 4.69) is 21.3 Å². The van der Waals surface area contributed by atoms with E-state index in [0.29, 0.717) is 5.56 Å². The van der Waals surface area contributed by atoms with Crippen LogP contribution < -0.4 is 0 Å². The highest BCUT2D eigenvalue weighted by atomic mass is 15.1. The second-order valence-electron chi connectivity index (χ2n) is 4.21. The Morgan fingerprint density at radius 2 is 1.88 bits per heavy atom. The molecule has 2 aromatic rings. The predicted octanol–water partition coefficient (Wildman–Crippen LogP) is 2.58. The number of nitriles is 1. The summed E-state index contributed by atoms with van der Waals surface area (Å²) in [6.45, 7) is 7.76. The van der Waals surface area contributed by atoms with Crippen molar-refractivity contribution in [2.45, 2.75) is 27.7 Å². The topological polar surface area (TPSA) is 65.4 Å². The number of H-pyrrole nitrogens is 1. The Kier molecular flexibility index (Phi) is 2.68. The predicted molar refractivity (Wildman–Crippen MR) is 65.5 cm³/mol.